The Hall–Kier alpha value is -2.19. The van der Waals surface area contributed by atoms with Crippen LogP contribution in [-0.2, 0) is 0 Å². The van der Waals surface area contributed by atoms with Gasteiger partial charge in [0.05, 0.1) is 19.2 Å². The second kappa shape index (κ2) is 7.71. The van der Waals surface area contributed by atoms with E-state index in [-0.39, 0.29) is 12.0 Å². The molecule has 1 aromatic heterocycles. The zero-order chi connectivity index (χ0) is 15.9. The van der Waals surface area contributed by atoms with Crippen molar-refractivity contribution in [3.8, 4) is 11.8 Å². The van der Waals surface area contributed by atoms with Crippen molar-refractivity contribution in [2.45, 2.75) is 32.2 Å². The van der Waals surface area contributed by atoms with Crippen LogP contribution in [0.5, 0.6) is 5.75 Å². The molecule has 0 bridgehead atoms. The molecule has 1 aromatic carbocycles. The summed E-state index contributed by atoms with van der Waals surface area (Å²) < 4.78 is 5.17. The Morgan fingerprint density at radius 3 is 2.64 bits per heavy atom. The van der Waals surface area contributed by atoms with E-state index in [1.807, 2.05) is 36.6 Å². The van der Waals surface area contributed by atoms with Crippen LogP contribution in [0.4, 0.5) is 0 Å². The number of aromatic nitrogens is 1. The smallest absolute Gasteiger partial charge is 0.133 e. The third kappa shape index (κ3) is 3.92. The molecule has 0 N–H and O–H groups in total. The lowest BCUT2D eigenvalue weighted by Crippen LogP contribution is -2.00. The number of thiazole rings is 1. The molecule has 114 valence electrons. The van der Waals surface area contributed by atoms with E-state index in [0.717, 1.165) is 28.4 Å². The average Bonchev–Trinajstić information content (AvgIpc) is 2.98. The van der Waals surface area contributed by atoms with E-state index in [1.165, 1.54) is 11.3 Å². The van der Waals surface area contributed by atoms with Crippen LogP contribution in [0.25, 0.3) is 0 Å². The normalized spacial score (nSPS) is 13.7. The molecule has 0 saturated carbocycles. The quantitative estimate of drug-likeness (QED) is 0.747. The molecule has 2 atom stereocenters. The van der Waals surface area contributed by atoms with Gasteiger partial charge >= 0.3 is 0 Å². The van der Waals surface area contributed by atoms with Gasteiger partial charge in [-0.15, -0.1) is 11.3 Å². The lowest BCUT2D eigenvalue weighted by atomic mass is 10.0. The highest BCUT2D eigenvalue weighted by atomic mass is 32.1. The molecular weight excluding hydrogens is 294 g/mol. The van der Waals surface area contributed by atoms with Gasteiger partial charge in [0.15, 0.2) is 0 Å². The molecular formula is C17H19N3OS. The zero-order valence-electron chi connectivity index (χ0n) is 13.0. The number of aryl methyl sites for hydroxylation is 1. The molecule has 5 heteroatoms. The second-order valence-corrected chi connectivity index (χ2v) is 5.82. The van der Waals surface area contributed by atoms with Crippen LogP contribution in [0.15, 0.2) is 34.6 Å². The predicted molar refractivity (Wildman–Crippen MR) is 89.7 cm³/mol. The Labute approximate surface area is 135 Å². The minimum absolute atomic E-state index is 0.0443. The fraction of sp³-hybridized carbons (Fsp3) is 0.353. The molecule has 22 heavy (non-hydrogen) atoms. The SMILES string of the molecule is CC[C@@H](N=CC(C#N)c1nc(C)cs1)c1ccc(OC)cc1. The summed E-state index contributed by atoms with van der Waals surface area (Å²) in [6, 6.07) is 10.2. The first-order valence-electron chi connectivity index (χ1n) is 7.16. The van der Waals surface area contributed by atoms with Crippen LogP contribution in [0, 0.1) is 18.3 Å². The van der Waals surface area contributed by atoms with Crippen LogP contribution in [0.3, 0.4) is 0 Å². The standard InChI is InChI=1S/C17H19N3OS/c1-4-16(13-5-7-15(21-3)8-6-13)19-10-14(9-18)17-20-12(2)11-22-17/h5-8,10-11,14,16H,4H2,1-3H3/t14?,16-/m1/s1. The molecule has 0 aliphatic carbocycles. The number of aliphatic imine (C=N–C) groups is 1. The van der Waals surface area contributed by atoms with Gasteiger partial charge in [-0.3, -0.25) is 4.99 Å². The van der Waals surface area contributed by atoms with Gasteiger partial charge in [-0.2, -0.15) is 5.26 Å². The van der Waals surface area contributed by atoms with Crippen molar-refractivity contribution in [3.05, 3.63) is 45.9 Å². The summed E-state index contributed by atoms with van der Waals surface area (Å²) in [6.07, 6.45) is 2.59. The molecule has 0 radical (unpaired) electrons. The molecule has 0 saturated heterocycles. The van der Waals surface area contributed by atoms with Crippen LogP contribution < -0.4 is 4.74 Å². The van der Waals surface area contributed by atoms with E-state index >= 15 is 0 Å². The summed E-state index contributed by atoms with van der Waals surface area (Å²) >= 11 is 1.50. The molecule has 4 nitrogen and oxygen atoms in total. The van der Waals surface area contributed by atoms with Gasteiger partial charge in [-0.1, -0.05) is 19.1 Å². The van der Waals surface area contributed by atoms with Crippen LogP contribution in [-0.4, -0.2) is 18.3 Å². The maximum Gasteiger partial charge on any atom is 0.133 e. The van der Waals surface area contributed by atoms with E-state index in [0.29, 0.717) is 0 Å². The topological polar surface area (TPSA) is 58.3 Å². The first kappa shape index (κ1) is 16.2. The maximum atomic E-state index is 9.32. The molecule has 1 unspecified atom stereocenters. The molecule has 0 aliphatic heterocycles. The number of hydrogen-bond donors (Lipinski definition) is 0. The number of nitriles is 1. The minimum Gasteiger partial charge on any atom is -0.497 e. The van der Waals surface area contributed by atoms with Crippen molar-refractivity contribution in [3.63, 3.8) is 0 Å². The maximum absolute atomic E-state index is 9.32. The van der Waals surface area contributed by atoms with E-state index < -0.39 is 0 Å². The van der Waals surface area contributed by atoms with E-state index in [9.17, 15) is 5.26 Å². The lowest BCUT2D eigenvalue weighted by molar-refractivity contribution is 0.414. The van der Waals surface area contributed by atoms with Gasteiger partial charge in [0.25, 0.3) is 0 Å². The second-order valence-electron chi connectivity index (χ2n) is 4.93. The highest BCUT2D eigenvalue weighted by molar-refractivity contribution is 7.09. The number of rotatable bonds is 6. The molecule has 1 heterocycles. The Morgan fingerprint density at radius 1 is 1.41 bits per heavy atom. The summed E-state index contributed by atoms with van der Waals surface area (Å²) in [7, 11) is 1.65. The van der Waals surface area contributed by atoms with E-state index in [4.69, 9.17) is 4.74 Å². The van der Waals surface area contributed by atoms with E-state index in [1.54, 1.807) is 13.3 Å². The van der Waals surface area contributed by atoms with Crippen molar-refractivity contribution in [2.75, 3.05) is 7.11 Å². The monoisotopic (exact) mass is 313 g/mol. The van der Waals surface area contributed by atoms with Crippen molar-refractivity contribution in [1.29, 1.82) is 5.26 Å². The summed E-state index contributed by atoms with van der Waals surface area (Å²) in [4.78, 5) is 8.97. The van der Waals surface area contributed by atoms with Crippen LogP contribution in [0.2, 0.25) is 0 Å². The van der Waals surface area contributed by atoms with Crippen molar-refractivity contribution in [1.82, 2.24) is 4.98 Å². The number of nitrogens with zero attached hydrogens (tertiary/aromatic N) is 3. The van der Waals surface area contributed by atoms with Crippen molar-refractivity contribution >= 4 is 17.6 Å². The fourth-order valence-corrected chi connectivity index (χ4v) is 2.91. The Morgan fingerprint density at radius 2 is 2.14 bits per heavy atom. The molecule has 0 aliphatic rings. The van der Waals surface area contributed by atoms with Crippen molar-refractivity contribution < 1.29 is 4.74 Å². The highest BCUT2D eigenvalue weighted by Gasteiger charge is 2.13. The molecule has 2 rings (SSSR count). The van der Waals surface area contributed by atoms with Gasteiger partial charge in [-0.25, -0.2) is 4.98 Å². The Balaban J connectivity index is 2.15. The molecule has 2 aromatic rings. The summed E-state index contributed by atoms with van der Waals surface area (Å²) in [5.74, 6) is 0.446. The molecule has 0 spiro atoms. The largest absolute Gasteiger partial charge is 0.497 e. The van der Waals surface area contributed by atoms with Crippen molar-refractivity contribution in [2.24, 2.45) is 4.99 Å². The Kier molecular flexibility index (Phi) is 5.68. The number of benzene rings is 1. The van der Waals surface area contributed by atoms with E-state index in [2.05, 4.69) is 23.0 Å². The van der Waals surface area contributed by atoms with Gasteiger partial charge in [-0.05, 0) is 31.0 Å². The number of ether oxygens (including phenoxy) is 1. The first-order chi connectivity index (χ1) is 10.7. The average molecular weight is 313 g/mol. The van der Waals surface area contributed by atoms with Gasteiger partial charge in [0.1, 0.15) is 16.7 Å². The predicted octanol–water partition coefficient (Wildman–Crippen LogP) is 4.29. The number of methoxy groups -OCH3 is 1. The fourth-order valence-electron chi connectivity index (χ4n) is 2.11. The third-order valence-corrected chi connectivity index (χ3v) is 4.39. The van der Waals surface area contributed by atoms with Gasteiger partial charge in [0, 0.05) is 17.3 Å². The summed E-state index contributed by atoms with van der Waals surface area (Å²) in [5, 5.41) is 12.1. The summed E-state index contributed by atoms with van der Waals surface area (Å²) in [5.41, 5.74) is 2.06. The van der Waals surface area contributed by atoms with Crippen LogP contribution >= 0.6 is 11.3 Å². The van der Waals surface area contributed by atoms with Gasteiger partial charge < -0.3 is 4.74 Å². The minimum atomic E-state index is -0.383. The van der Waals surface area contributed by atoms with Gasteiger partial charge in [0.2, 0.25) is 0 Å². The third-order valence-electron chi connectivity index (χ3n) is 3.34. The lowest BCUT2D eigenvalue weighted by Gasteiger charge is -2.11. The highest BCUT2D eigenvalue weighted by Crippen LogP contribution is 2.25. The molecule has 0 amide bonds. The molecule has 0 fully saturated rings. The number of hydrogen-bond acceptors (Lipinski definition) is 5. The summed E-state index contributed by atoms with van der Waals surface area (Å²) in [6.45, 7) is 4.01. The first-order valence-corrected chi connectivity index (χ1v) is 8.04. The zero-order valence-corrected chi connectivity index (χ0v) is 13.8. The Bertz CT molecular complexity index is 670. The van der Waals surface area contributed by atoms with Crippen LogP contribution in [0.1, 0.15) is 41.6 Å².